The Balaban J connectivity index is 2.16. The van der Waals surface area contributed by atoms with Gasteiger partial charge in [0.05, 0.1) is 22.2 Å². The van der Waals surface area contributed by atoms with E-state index in [1.807, 2.05) is 6.92 Å². The Hall–Kier alpha value is -2.28. The zero-order valence-electron chi connectivity index (χ0n) is 16.3. The number of hydrogen-bond acceptors (Lipinski definition) is 2. The fourth-order valence-electron chi connectivity index (χ4n) is 3.84. The SMILES string of the molecule is CCN1c2cc(F)c(/C=C(\C#N)c3ccc(Cl)cc3Cl)cc2C(C)=CC1(C)C. The maximum atomic E-state index is 15.0. The second-order valence-electron chi connectivity index (χ2n) is 7.41. The molecule has 0 bridgehead atoms. The van der Waals surface area contributed by atoms with Crippen molar-refractivity contribution in [2.75, 3.05) is 11.4 Å². The van der Waals surface area contributed by atoms with Crippen LogP contribution in [0.5, 0.6) is 0 Å². The van der Waals surface area contributed by atoms with E-state index in [9.17, 15) is 9.65 Å². The normalized spacial score (nSPS) is 15.7. The first kappa shape index (κ1) is 20.5. The molecule has 28 heavy (non-hydrogen) atoms. The van der Waals surface area contributed by atoms with Gasteiger partial charge >= 0.3 is 0 Å². The first-order valence-corrected chi connectivity index (χ1v) is 9.81. The Labute approximate surface area is 175 Å². The van der Waals surface area contributed by atoms with E-state index in [0.717, 1.165) is 23.4 Å². The number of halogens is 3. The minimum Gasteiger partial charge on any atom is -0.363 e. The van der Waals surface area contributed by atoms with Gasteiger partial charge in [-0.15, -0.1) is 0 Å². The lowest BCUT2D eigenvalue weighted by Crippen LogP contribution is -2.45. The number of fused-ring (bicyclic) bond motifs is 1. The number of rotatable bonds is 3. The molecule has 0 aromatic heterocycles. The predicted molar refractivity (Wildman–Crippen MR) is 117 cm³/mol. The summed E-state index contributed by atoms with van der Waals surface area (Å²) in [7, 11) is 0. The van der Waals surface area contributed by atoms with Crippen LogP contribution in [0.15, 0.2) is 36.4 Å². The van der Waals surface area contributed by atoms with Crippen molar-refractivity contribution in [3.05, 3.63) is 69.0 Å². The zero-order chi connectivity index (χ0) is 20.6. The van der Waals surface area contributed by atoms with Crippen molar-refractivity contribution < 1.29 is 4.39 Å². The summed E-state index contributed by atoms with van der Waals surface area (Å²) in [5, 5.41) is 10.4. The Morgan fingerprint density at radius 2 is 1.96 bits per heavy atom. The molecule has 0 amide bonds. The number of nitrogens with zero attached hydrogens (tertiary/aromatic N) is 2. The molecule has 0 spiro atoms. The standard InChI is InChI=1S/C23H21Cl2FN2/c1-5-28-22-11-21(26)15(9-19(22)14(2)12-23(28,3)4)8-16(13-27)18-7-6-17(24)10-20(18)25/h6-12H,5H2,1-4H3/b16-8+. The molecule has 0 saturated heterocycles. The van der Waals surface area contributed by atoms with Gasteiger partial charge in [-0.1, -0.05) is 35.3 Å². The van der Waals surface area contributed by atoms with Crippen LogP contribution >= 0.6 is 23.2 Å². The Morgan fingerprint density at radius 1 is 1.25 bits per heavy atom. The van der Waals surface area contributed by atoms with Crippen molar-refractivity contribution in [3.63, 3.8) is 0 Å². The van der Waals surface area contributed by atoms with E-state index in [1.54, 1.807) is 30.3 Å². The van der Waals surface area contributed by atoms with E-state index in [4.69, 9.17) is 23.2 Å². The summed E-state index contributed by atoms with van der Waals surface area (Å²) in [6.07, 6.45) is 3.72. The molecule has 0 radical (unpaired) electrons. The van der Waals surface area contributed by atoms with E-state index < -0.39 is 0 Å². The fourth-order valence-corrected chi connectivity index (χ4v) is 4.35. The molecule has 2 nitrogen and oxygen atoms in total. The minimum atomic E-state index is -0.375. The zero-order valence-corrected chi connectivity index (χ0v) is 17.8. The summed E-state index contributed by atoms with van der Waals surface area (Å²) in [5.74, 6) is -0.375. The Bertz CT molecular complexity index is 1050. The predicted octanol–water partition coefficient (Wildman–Crippen LogP) is 7.22. The van der Waals surface area contributed by atoms with Gasteiger partial charge in [0.2, 0.25) is 0 Å². The lowest BCUT2D eigenvalue weighted by molar-refractivity contribution is 0.561. The number of nitriles is 1. The largest absolute Gasteiger partial charge is 0.363 e. The van der Waals surface area contributed by atoms with Gasteiger partial charge in [-0.3, -0.25) is 0 Å². The first-order valence-electron chi connectivity index (χ1n) is 9.06. The van der Waals surface area contributed by atoms with Crippen LogP contribution in [-0.2, 0) is 0 Å². The van der Waals surface area contributed by atoms with Crippen molar-refractivity contribution in [3.8, 4) is 6.07 Å². The van der Waals surface area contributed by atoms with E-state index in [-0.39, 0.29) is 16.9 Å². The molecular weight excluding hydrogens is 394 g/mol. The number of anilines is 1. The topological polar surface area (TPSA) is 27.0 Å². The Morgan fingerprint density at radius 3 is 2.57 bits per heavy atom. The summed E-state index contributed by atoms with van der Waals surface area (Å²) in [6.45, 7) is 9.08. The van der Waals surface area contributed by atoms with Crippen molar-refractivity contribution in [1.82, 2.24) is 0 Å². The van der Waals surface area contributed by atoms with Crippen molar-refractivity contribution in [2.45, 2.75) is 33.2 Å². The smallest absolute Gasteiger partial charge is 0.132 e. The van der Waals surface area contributed by atoms with Gasteiger partial charge in [0, 0.05) is 33.9 Å². The van der Waals surface area contributed by atoms with Gasteiger partial charge in [0.15, 0.2) is 0 Å². The highest BCUT2D eigenvalue weighted by Gasteiger charge is 2.31. The second kappa shape index (κ2) is 7.62. The third-order valence-electron chi connectivity index (χ3n) is 5.05. The van der Waals surface area contributed by atoms with E-state index >= 15 is 0 Å². The van der Waals surface area contributed by atoms with Gasteiger partial charge in [-0.2, -0.15) is 5.26 Å². The summed E-state index contributed by atoms with van der Waals surface area (Å²) in [4.78, 5) is 2.17. The molecule has 3 rings (SSSR count). The van der Waals surface area contributed by atoms with Gasteiger partial charge in [0.1, 0.15) is 5.82 Å². The highest BCUT2D eigenvalue weighted by Crippen LogP contribution is 2.40. The molecule has 2 aromatic rings. The molecule has 0 N–H and O–H groups in total. The van der Waals surface area contributed by atoms with Crippen LogP contribution in [0, 0.1) is 17.1 Å². The van der Waals surface area contributed by atoms with Gasteiger partial charge < -0.3 is 4.90 Å². The van der Waals surface area contributed by atoms with Crippen LogP contribution in [-0.4, -0.2) is 12.1 Å². The lowest BCUT2D eigenvalue weighted by Gasteiger charge is -2.43. The number of likely N-dealkylation sites (N-methyl/N-ethyl adjacent to an activating group) is 1. The summed E-state index contributed by atoms with van der Waals surface area (Å²) in [5.41, 5.74) is 3.88. The van der Waals surface area contributed by atoms with Crippen LogP contribution in [0.4, 0.5) is 10.1 Å². The van der Waals surface area contributed by atoms with E-state index in [0.29, 0.717) is 21.2 Å². The lowest BCUT2D eigenvalue weighted by atomic mass is 9.87. The minimum absolute atomic E-state index is 0.190. The molecule has 0 aliphatic carbocycles. The quantitative estimate of drug-likeness (QED) is 0.391. The highest BCUT2D eigenvalue weighted by atomic mass is 35.5. The summed E-state index contributed by atoms with van der Waals surface area (Å²) < 4.78 is 15.0. The molecular formula is C23H21Cl2FN2. The van der Waals surface area contributed by atoms with Gasteiger partial charge in [-0.25, -0.2) is 4.39 Å². The average molecular weight is 415 g/mol. The van der Waals surface area contributed by atoms with Crippen molar-refractivity contribution in [2.24, 2.45) is 0 Å². The van der Waals surface area contributed by atoms with Gasteiger partial charge in [0.25, 0.3) is 0 Å². The molecule has 144 valence electrons. The number of hydrogen-bond donors (Lipinski definition) is 0. The monoisotopic (exact) mass is 414 g/mol. The van der Waals surface area contributed by atoms with Crippen LogP contribution in [0.25, 0.3) is 17.2 Å². The number of allylic oxidation sites excluding steroid dienone is 2. The first-order chi connectivity index (χ1) is 13.2. The van der Waals surface area contributed by atoms with Crippen LogP contribution in [0.3, 0.4) is 0 Å². The summed E-state index contributed by atoms with van der Waals surface area (Å²) >= 11 is 12.2. The second-order valence-corrected chi connectivity index (χ2v) is 8.25. The van der Waals surface area contributed by atoms with Crippen LogP contribution in [0.2, 0.25) is 10.0 Å². The highest BCUT2D eigenvalue weighted by molar-refractivity contribution is 6.36. The molecule has 1 aliphatic rings. The number of benzene rings is 2. The molecule has 1 aliphatic heterocycles. The molecule has 0 saturated carbocycles. The van der Waals surface area contributed by atoms with Crippen molar-refractivity contribution >= 4 is 46.1 Å². The third-order valence-corrected chi connectivity index (χ3v) is 5.60. The van der Waals surface area contributed by atoms with Crippen LogP contribution < -0.4 is 4.90 Å². The molecule has 2 aromatic carbocycles. The maximum absolute atomic E-state index is 15.0. The third kappa shape index (κ3) is 3.68. The summed E-state index contributed by atoms with van der Waals surface area (Å²) in [6, 6.07) is 10.4. The molecule has 0 atom stereocenters. The molecule has 0 unspecified atom stereocenters. The molecule has 5 heteroatoms. The van der Waals surface area contributed by atoms with Gasteiger partial charge in [-0.05, 0) is 63.6 Å². The Kier molecular flexibility index (Phi) is 5.57. The van der Waals surface area contributed by atoms with E-state index in [1.165, 1.54) is 6.08 Å². The van der Waals surface area contributed by atoms with Crippen molar-refractivity contribution in [1.29, 1.82) is 5.26 Å². The molecule has 0 fully saturated rings. The maximum Gasteiger partial charge on any atom is 0.132 e. The molecule has 1 heterocycles. The van der Waals surface area contributed by atoms with E-state index in [2.05, 4.69) is 37.8 Å². The fraction of sp³-hybridized carbons (Fsp3) is 0.261. The van der Waals surface area contributed by atoms with Crippen LogP contribution in [0.1, 0.15) is 44.4 Å². The average Bonchev–Trinajstić information content (AvgIpc) is 2.60.